The number of nitrogens with zero attached hydrogens (tertiary/aromatic N) is 1. The topological polar surface area (TPSA) is 50.8 Å². The van der Waals surface area contributed by atoms with E-state index >= 15 is 0 Å². The highest BCUT2D eigenvalue weighted by Gasteiger charge is 2.36. The van der Waals surface area contributed by atoms with Gasteiger partial charge in [0.25, 0.3) is 0 Å². The monoisotopic (exact) mass is 300 g/mol. The van der Waals surface area contributed by atoms with Gasteiger partial charge in [-0.05, 0) is 48.0 Å². The fourth-order valence-electron chi connectivity index (χ4n) is 2.81. The van der Waals surface area contributed by atoms with E-state index in [1.165, 1.54) is 0 Å². The maximum absolute atomic E-state index is 12.3. The summed E-state index contributed by atoms with van der Waals surface area (Å²) in [5, 5.41) is 3.37. The zero-order valence-corrected chi connectivity index (χ0v) is 14.4. The fourth-order valence-corrected chi connectivity index (χ4v) is 2.81. The molecule has 0 bridgehead atoms. The average Bonchev–Trinajstić information content (AvgIpc) is 2.39. The van der Waals surface area contributed by atoms with Gasteiger partial charge in [0, 0.05) is 25.2 Å². The minimum absolute atomic E-state index is 0.160. The Morgan fingerprint density at radius 1 is 1.48 bits per heavy atom. The second-order valence-corrected chi connectivity index (χ2v) is 6.59. The Labute approximate surface area is 129 Å². The van der Waals surface area contributed by atoms with Crippen LogP contribution in [0.2, 0.25) is 0 Å². The van der Waals surface area contributed by atoms with Crippen LogP contribution in [0.15, 0.2) is 0 Å². The molecule has 0 saturated carbocycles. The van der Waals surface area contributed by atoms with E-state index in [2.05, 4.69) is 37.9 Å². The number of rotatable bonds is 7. The summed E-state index contributed by atoms with van der Waals surface area (Å²) in [6.45, 7) is 15.1. The Balaban J connectivity index is 2.65. The van der Waals surface area contributed by atoms with E-state index in [-0.39, 0.29) is 18.1 Å². The number of carbonyl (C=O) groups excluding carboxylic acids is 1. The van der Waals surface area contributed by atoms with Gasteiger partial charge in [0.05, 0.1) is 19.3 Å². The molecule has 1 saturated heterocycles. The Hall–Kier alpha value is -0.650. The summed E-state index contributed by atoms with van der Waals surface area (Å²) < 4.78 is 10.9. The fraction of sp³-hybridized carbons (Fsp3) is 0.938. The zero-order valence-electron chi connectivity index (χ0n) is 14.4. The Bertz CT molecular complexity index is 335. The molecule has 0 amide bonds. The van der Waals surface area contributed by atoms with Crippen LogP contribution in [0.25, 0.3) is 0 Å². The molecule has 1 N–H and O–H groups in total. The lowest BCUT2D eigenvalue weighted by atomic mass is 9.95. The molecule has 0 aliphatic carbocycles. The van der Waals surface area contributed by atoms with Gasteiger partial charge in [0.1, 0.15) is 5.54 Å². The lowest BCUT2D eigenvalue weighted by Crippen LogP contribution is -2.56. The van der Waals surface area contributed by atoms with Crippen molar-refractivity contribution in [2.75, 3.05) is 26.3 Å². The van der Waals surface area contributed by atoms with Crippen LogP contribution in [0.5, 0.6) is 0 Å². The molecular weight excluding hydrogens is 268 g/mol. The summed E-state index contributed by atoms with van der Waals surface area (Å²) in [5.41, 5.74) is -0.633. The number of ether oxygens (including phenoxy) is 2. The van der Waals surface area contributed by atoms with E-state index in [1.54, 1.807) is 0 Å². The van der Waals surface area contributed by atoms with E-state index in [0.717, 1.165) is 26.1 Å². The number of hydrogen-bond acceptors (Lipinski definition) is 5. The van der Waals surface area contributed by atoms with Gasteiger partial charge in [0.2, 0.25) is 0 Å². The smallest absolute Gasteiger partial charge is 0.326 e. The number of nitrogens with one attached hydrogen (secondary N) is 1. The third-order valence-corrected chi connectivity index (χ3v) is 3.97. The molecule has 124 valence electrons. The van der Waals surface area contributed by atoms with Gasteiger partial charge in [-0.2, -0.15) is 0 Å². The third kappa shape index (κ3) is 5.57. The van der Waals surface area contributed by atoms with E-state index in [4.69, 9.17) is 9.47 Å². The Morgan fingerprint density at radius 3 is 2.71 bits per heavy atom. The first-order valence-electron chi connectivity index (χ1n) is 8.09. The van der Waals surface area contributed by atoms with Crippen LogP contribution in [0.3, 0.4) is 0 Å². The molecule has 5 heteroatoms. The minimum Gasteiger partial charge on any atom is -0.465 e. The highest BCUT2D eigenvalue weighted by atomic mass is 16.5. The van der Waals surface area contributed by atoms with Gasteiger partial charge >= 0.3 is 5.97 Å². The lowest BCUT2D eigenvalue weighted by molar-refractivity contribution is -0.151. The maximum Gasteiger partial charge on any atom is 0.326 e. The molecule has 0 aromatic carbocycles. The highest BCUT2D eigenvalue weighted by Crippen LogP contribution is 2.18. The molecular formula is C16H32N2O3. The summed E-state index contributed by atoms with van der Waals surface area (Å²) in [4.78, 5) is 14.7. The molecule has 0 spiro atoms. The first-order chi connectivity index (χ1) is 9.78. The van der Waals surface area contributed by atoms with Gasteiger partial charge in [0.15, 0.2) is 0 Å². The zero-order chi connectivity index (χ0) is 16.0. The molecule has 0 radical (unpaired) electrons. The van der Waals surface area contributed by atoms with E-state index < -0.39 is 5.54 Å². The number of hydrogen-bond donors (Lipinski definition) is 1. The minimum atomic E-state index is -0.633. The molecule has 1 fully saturated rings. The van der Waals surface area contributed by atoms with Crippen molar-refractivity contribution in [1.82, 2.24) is 10.2 Å². The molecule has 1 rings (SSSR count). The first-order valence-corrected chi connectivity index (χ1v) is 8.09. The standard InChI is InChI=1S/C16H32N2O3/c1-7-20-15(19)16(6,17-12(2)3)8-9-18-10-14(5)21-11-13(18)4/h12-14,17H,7-11H2,1-6H3. The van der Waals surface area contributed by atoms with Gasteiger partial charge < -0.3 is 9.47 Å². The van der Waals surface area contributed by atoms with Crippen molar-refractivity contribution in [2.45, 2.75) is 71.7 Å². The van der Waals surface area contributed by atoms with Crippen LogP contribution in [-0.2, 0) is 14.3 Å². The van der Waals surface area contributed by atoms with Crippen molar-refractivity contribution >= 4 is 5.97 Å². The van der Waals surface area contributed by atoms with Crippen LogP contribution in [0.4, 0.5) is 0 Å². The summed E-state index contributed by atoms with van der Waals surface area (Å²) in [6, 6.07) is 0.632. The second kappa shape index (κ2) is 8.11. The molecule has 0 aromatic heterocycles. The van der Waals surface area contributed by atoms with Gasteiger partial charge in [-0.15, -0.1) is 0 Å². The van der Waals surface area contributed by atoms with Crippen LogP contribution in [-0.4, -0.2) is 60.9 Å². The molecule has 1 aliphatic heterocycles. The van der Waals surface area contributed by atoms with Crippen LogP contribution >= 0.6 is 0 Å². The van der Waals surface area contributed by atoms with Gasteiger partial charge in [-0.3, -0.25) is 15.0 Å². The summed E-state index contributed by atoms with van der Waals surface area (Å²) in [7, 11) is 0. The number of esters is 1. The maximum atomic E-state index is 12.3. The highest BCUT2D eigenvalue weighted by molar-refractivity contribution is 5.80. The number of carbonyl (C=O) groups is 1. The van der Waals surface area contributed by atoms with Crippen molar-refractivity contribution in [1.29, 1.82) is 0 Å². The Kier molecular flexibility index (Phi) is 7.10. The molecule has 5 nitrogen and oxygen atoms in total. The van der Waals surface area contributed by atoms with Crippen molar-refractivity contribution in [3.63, 3.8) is 0 Å². The van der Waals surface area contributed by atoms with Crippen LogP contribution in [0.1, 0.15) is 48.0 Å². The Morgan fingerprint density at radius 2 is 2.14 bits per heavy atom. The quantitative estimate of drug-likeness (QED) is 0.727. The van der Waals surface area contributed by atoms with Gasteiger partial charge in [-0.25, -0.2) is 0 Å². The normalized spacial score (nSPS) is 26.6. The SMILES string of the molecule is CCOC(=O)C(C)(CCN1CC(C)OCC1C)NC(C)C. The molecule has 1 heterocycles. The predicted octanol–water partition coefficient (Wildman–Crippen LogP) is 1.81. The molecule has 1 aliphatic rings. The van der Waals surface area contributed by atoms with Crippen LogP contribution in [0, 0.1) is 0 Å². The largest absolute Gasteiger partial charge is 0.465 e. The second-order valence-electron chi connectivity index (χ2n) is 6.59. The summed E-state index contributed by atoms with van der Waals surface area (Å²) >= 11 is 0. The number of morpholine rings is 1. The molecule has 3 unspecified atom stereocenters. The van der Waals surface area contributed by atoms with Crippen molar-refractivity contribution in [3.8, 4) is 0 Å². The molecule has 3 atom stereocenters. The molecule has 21 heavy (non-hydrogen) atoms. The van der Waals surface area contributed by atoms with Crippen molar-refractivity contribution < 1.29 is 14.3 Å². The molecule has 0 aromatic rings. The summed E-state index contributed by atoms with van der Waals surface area (Å²) in [6.07, 6.45) is 0.995. The van der Waals surface area contributed by atoms with Crippen molar-refractivity contribution in [2.24, 2.45) is 0 Å². The third-order valence-electron chi connectivity index (χ3n) is 3.97. The van der Waals surface area contributed by atoms with E-state index in [0.29, 0.717) is 12.6 Å². The van der Waals surface area contributed by atoms with E-state index in [9.17, 15) is 4.79 Å². The van der Waals surface area contributed by atoms with Crippen molar-refractivity contribution in [3.05, 3.63) is 0 Å². The lowest BCUT2D eigenvalue weighted by Gasteiger charge is -2.39. The van der Waals surface area contributed by atoms with Gasteiger partial charge in [-0.1, -0.05) is 0 Å². The summed E-state index contributed by atoms with van der Waals surface area (Å²) in [5.74, 6) is -0.160. The average molecular weight is 300 g/mol. The first kappa shape index (κ1) is 18.4. The van der Waals surface area contributed by atoms with Crippen LogP contribution < -0.4 is 5.32 Å². The predicted molar refractivity (Wildman–Crippen MR) is 84.4 cm³/mol. The van der Waals surface area contributed by atoms with E-state index in [1.807, 2.05) is 13.8 Å².